The Kier molecular flexibility index (Phi) is 15.0. The van der Waals surface area contributed by atoms with E-state index in [9.17, 15) is 8.42 Å². The molecule has 0 amide bonds. The Balaban J connectivity index is 3.50. The molecule has 0 fully saturated rings. The maximum atomic E-state index is 12.0. The number of unbranched alkanes of at least 4 members (excludes halogenated alkanes) is 13. The van der Waals surface area contributed by atoms with Gasteiger partial charge in [-0.05, 0) is 19.8 Å². The lowest BCUT2D eigenvalue weighted by molar-refractivity contribution is 0.351. The van der Waals surface area contributed by atoms with Gasteiger partial charge in [0.1, 0.15) is 0 Å². The summed E-state index contributed by atoms with van der Waals surface area (Å²) in [4.78, 5) is 0. The fourth-order valence-corrected chi connectivity index (χ4v) is 4.52. The third kappa shape index (κ3) is 11.3. The van der Waals surface area contributed by atoms with Crippen LogP contribution in [0.25, 0.3) is 0 Å². The zero-order valence-electron chi connectivity index (χ0n) is 17.4. The van der Waals surface area contributed by atoms with Crippen molar-refractivity contribution in [2.75, 3.05) is 7.11 Å². The molecule has 152 valence electrons. The molecule has 0 N–H and O–H groups in total. The second-order valence-corrected chi connectivity index (χ2v) is 10.00. The lowest BCUT2D eigenvalue weighted by Crippen LogP contribution is -2.35. The largest absolute Gasteiger partial charge is 0.273 e. The van der Waals surface area contributed by atoms with Crippen molar-refractivity contribution in [3.8, 4) is 0 Å². The maximum absolute atomic E-state index is 12.0. The molecule has 0 saturated heterocycles. The van der Waals surface area contributed by atoms with Crippen molar-refractivity contribution in [1.82, 2.24) is 0 Å². The van der Waals surface area contributed by atoms with E-state index in [1.807, 2.05) is 13.8 Å². The van der Waals surface area contributed by atoms with Crippen molar-refractivity contribution in [2.45, 2.75) is 128 Å². The molecule has 0 rings (SSSR count). The summed E-state index contributed by atoms with van der Waals surface area (Å²) < 4.78 is 28.0. The summed E-state index contributed by atoms with van der Waals surface area (Å²) in [5, 5.41) is 0. The Bertz CT molecular complexity index is 392. The first-order valence-corrected chi connectivity index (χ1v) is 12.1. The van der Waals surface area contributed by atoms with Crippen LogP contribution in [0.1, 0.15) is 124 Å². The Labute approximate surface area is 158 Å². The van der Waals surface area contributed by atoms with Crippen LogP contribution in [0.3, 0.4) is 0 Å². The van der Waals surface area contributed by atoms with Gasteiger partial charge in [0.05, 0.1) is 11.9 Å². The fourth-order valence-electron chi connectivity index (χ4n) is 3.37. The predicted molar refractivity (Wildman–Crippen MR) is 110 cm³/mol. The minimum atomic E-state index is -3.43. The first kappa shape index (κ1) is 24.9. The van der Waals surface area contributed by atoms with Crippen LogP contribution < -0.4 is 0 Å². The molecule has 25 heavy (non-hydrogen) atoms. The van der Waals surface area contributed by atoms with Crippen LogP contribution >= 0.6 is 0 Å². The lowest BCUT2D eigenvalue weighted by Gasteiger charge is -2.26. The molecule has 3 nitrogen and oxygen atoms in total. The highest BCUT2D eigenvalue weighted by atomic mass is 32.2. The van der Waals surface area contributed by atoms with Gasteiger partial charge in [-0.2, -0.15) is 8.42 Å². The van der Waals surface area contributed by atoms with E-state index in [2.05, 4.69) is 6.92 Å². The Morgan fingerprint density at radius 2 is 1.04 bits per heavy atom. The number of hydrogen-bond acceptors (Lipinski definition) is 3. The zero-order chi connectivity index (χ0) is 19.0. The van der Waals surface area contributed by atoms with E-state index in [1.54, 1.807) is 0 Å². The summed E-state index contributed by atoms with van der Waals surface area (Å²) in [6.45, 7) is 6.01. The highest BCUT2D eigenvalue weighted by molar-refractivity contribution is 7.88. The fraction of sp³-hybridized carbons (Fsp3) is 1.00. The van der Waals surface area contributed by atoms with Gasteiger partial charge in [-0.25, -0.2) is 0 Å². The Hall–Kier alpha value is -0.0900. The molecule has 0 aliphatic rings. The van der Waals surface area contributed by atoms with E-state index in [0.29, 0.717) is 12.8 Å². The maximum Gasteiger partial charge on any atom is 0.272 e. The lowest BCUT2D eigenvalue weighted by atomic mass is 9.98. The summed E-state index contributed by atoms with van der Waals surface area (Å²) in [5.41, 5.74) is 0. The first-order chi connectivity index (χ1) is 11.9. The van der Waals surface area contributed by atoms with Gasteiger partial charge in [-0.15, -0.1) is 0 Å². The summed E-state index contributed by atoms with van der Waals surface area (Å²) in [6.07, 6.45) is 19.8. The SMILES string of the molecule is CCCCCCCCCCCCCCCCC(C)(CC)S(=O)(=O)OC. The molecule has 0 aromatic carbocycles. The van der Waals surface area contributed by atoms with E-state index in [0.717, 1.165) is 12.8 Å². The molecule has 0 heterocycles. The highest BCUT2D eigenvalue weighted by Crippen LogP contribution is 2.29. The van der Waals surface area contributed by atoms with Crippen LogP contribution in [-0.4, -0.2) is 20.3 Å². The summed E-state index contributed by atoms with van der Waals surface area (Å²) in [6, 6.07) is 0. The Morgan fingerprint density at radius 3 is 1.36 bits per heavy atom. The second kappa shape index (κ2) is 15.0. The standard InChI is InChI=1S/C21H44O3S/c1-5-7-8-9-10-11-12-13-14-15-16-17-18-19-20-21(3,6-2)25(22,23)24-4/h5-20H2,1-4H3. The quantitative estimate of drug-likeness (QED) is 0.191. The highest BCUT2D eigenvalue weighted by Gasteiger charge is 2.37. The van der Waals surface area contributed by atoms with Crippen LogP contribution in [-0.2, 0) is 14.3 Å². The molecule has 0 aromatic rings. The normalized spacial score (nSPS) is 14.6. The van der Waals surface area contributed by atoms with Gasteiger partial charge >= 0.3 is 0 Å². The third-order valence-electron chi connectivity index (χ3n) is 5.63. The molecular formula is C21H44O3S. The van der Waals surface area contributed by atoms with Gasteiger partial charge in [0.15, 0.2) is 0 Å². The molecule has 0 aromatic heterocycles. The zero-order valence-corrected chi connectivity index (χ0v) is 18.3. The van der Waals surface area contributed by atoms with E-state index >= 15 is 0 Å². The molecule has 0 aliphatic heterocycles. The molecule has 0 bridgehead atoms. The number of hydrogen-bond donors (Lipinski definition) is 0. The third-order valence-corrected chi connectivity index (χ3v) is 7.77. The molecule has 1 atom stereocenters. The molecule has 1 unspecified atom stereocenters. The average molecular weight is 377 g/mol. The van der Waals surface area contributed by atoms with Crippen LogP contribution in [0.15, 0.2) is 0 Å². The van der Waals surface area contributed by atoms with Crippen LogP contribution in [0.4, 0.5) is 0 Å². The molecule has 0 aliphatic carbocycles. The Morgan fingerprint density at radius 1 is 0.680 bits per heavy atom. The second-order valence-electron chi connectivity index (χ2n) is 7.77. The van der Waals surface area contributed by atoms with Gasteiger partial charge in [-0.1, -0.05) is 104 Å². The minimum Gasteiger partial charge on any atom is -0.273 e. The average Bonchev–Trinajstić information content (AvgIpc) is 2.61. The van der Waals surface area contributed by atoms with Crippen molar-refractivity contribution in [2.24, 2.45) is 0 Å². The van der Waals surface area contributed by atoms with Crippen molar-refractivity contribution >= 4 is 10.1 Å². The summed E-state index contributed by atoms with van der Waals surface area (Å²) in [7, 11) is -2.16. The molecule has 0 radical (unpaired) electrons. The van der Waals surface area contributed by atoms with E-state index in [-0.39, 0.29) is 0 Å². The van der Waals surface area contributed by atoms with Crippen LogP contribution in [0.5, 0.6) is 0 Å². The van der Waals surface area contributed by atoms with E-state index < -0.39 is 14.9 Å². The topological polar surface area (TPSA) is 43.4 Å². The molecule has 0 saturated carbocycles. The van der Waals surface area contributed by atoms with Gasteiger partial charge < -0.3 is 0 Å². The summed E-state index contributed by atoms with van der Waals surface area (Å²) >= 11 is 0. The minimum absolute atomic E-state index is 0.613. The smallest absolute Gasteiger partial charge is 0.272 e. The monoisotopic (exact) mass is 376 g/mol. The molecule has 4 heteroatoms. The molecule has 0 spiro atoms. The van der Waals surface area contributed by atoms with Gasteiger partial charge in [-0.3, -0.25) is 4.18 Å². The van der Waals surface area contributed by atoms with Gasteiger partial charge in [0.2, 0.25) is 0 Å². The van der Waals surface area contributed by atoms with Gasteiger partial charge in [0, 0.05) is 0 Å². The summed E-state index contributed by atoms with van der Waals surface area (Å²) in [5.74, 6) is 0. The van der Waals surface area contributed by atoms with Crippen molar-refractivity contribution in [1.29, 1.82) is 0 Å². The molecular weight excluding hydrogens is 332 g/mol. The first-order valence-electron chi connectivity index (χ1n) is 10.7. The van der Waals surface area contributed by atoms with Crippen molar-refractivity contribution < 1.29 is 12.6 Å². The van der Waals surface area contributed by atoms with E-state index in [4.69, 9.17) is 4.18 Å². The van der Waals surface area contributed by atoms with Crippen molar-refractivity contribution in [3.05, 3.63) is 0 Å². The predicted octanol–water partition coefficient (Wildman–Crippen LogP) is 7.00. The van der Waals surface area contributed by atoms with Crippen LogP contribution in [0, 0.1) is 0 Å². The van der Waals surface area contributed by atoms with Crippen LogP contribution in [0.2, 0.25) is 0 Å². The van der Waals surface area contributed by atoms with Crippen molar-refractivity contribution in [3.63, 3.8) is 0 Å². The van der Waals surface area contributed by atoms with Gasteiger partial charge in [0.25, 0.3) is 10.1 Å². The van der Waals surface area contributed by atoms with E-state index in [1.165, 1.54) is 84.2 Å². The number of rotatable bonds is 18.